The molecule has 0 saturated carbocycles. The van der Waals surface area contributed by atoms with Crippen LogP contribution in [0.1, 0.15) is 31.1 Å². The number of likely N-dealkylation sites (tertiary alicyclic amines) is 1. The highest BCUT2D eigenvalue weighted by Gasteiger charge is 2.26. The van der Waals surface area contributed by atoms with Crippen molar-refractivity contribution in [2.75, 3.05) is 32.8 Å². The van der Waals surface area contributed by atoms with E-state index < -0.39 is 0 Å². The topological polar surface area (TPSA) is 111 Å². The van der Waals surface area contributed by atoms with Gasteiger partial charge in [0.25, 0.3) is 5.56 Å². The fourth-order valence-corrected chi connectivity index (χ4v) is 4.96. The summed E-state index contributed by atoms with van der Waals surface area (Å²) < 4.78 is 14.5. The van der Waals surface area contributed by atoms with E-state index in [1.54, 1.807) is 10.9 Å². The molecule has 0 radical (unpaired) electrons. The number of piperidine rings is 1. The number of aliphatic hydroxyl groups excluding tert-OH is 1. The van der Waals surface area contributed by atoms with Gasteiger partial charge >= 0.3 is 0 Å². The molecule has 2 saturated heterocycles. The summed E-state index contributed by atoms with van der Waals surface area (Å²) in [5, 5.41) is 14.1. The van der Waals surface area contributed by atoms with Crippen molar-refractivity contribution >= 4 is 16.6 Å². The summed E-state index contributed by atoms with van der Waals surface area (Å²) in [5.41, 5.74) is 2.43. The Morgan fingerprint density at radius 2 is 2.03 bits per heavy atom. The van der Waals surface area contributed by atoms with Crippen LogP contribution in [0.3, 0.4) is 0 Å². The lowest BCUT2D eigenvalue weighted by molar-refractivity contribution is 0.0690. The van der Waals surface area contributed by atoms with Crippen LogP contribution in [0, 0.1) is 0 Å². The summed E-state index contributed by atoms with van der Waals surface area (Å²) in [6, 6.07) is 7.81. The van der Waals surface area contributed by atoms with Crippen molar-refractivity contribution in [3.05, 3.63) is 46.8 Å². The van der Waals surface area contributed by atoms with Gasteiger partial charge in [0.2, 0.25) is 11.7 Å². The van der Waals surface area contributed by atoms with E-state index in [0.29, 0.717) is 55.8 Å². The van der Waals surface area contributed by atoms with E-state index in [0.717, 1.165) is 36.8 Å². The molecule has 10 heteroatoms. The maximum atomic E-state index is 13.7. The average molecular weight is 450 g/mol. The Hall–Kier alpha value is -3.08. The second-order valence-electron chi connectivity index (χ2n) is 8.87. The molecule has 0 spiro atoms. The van der Waals surface area contributed by atoms with Crippen LogP contribution in [0.4, 0.5) is 0 Å². The van der Waals surface area contributed by atoms with Gasteiger partial charge in [-0.3, -0.25) is 14.1 Å². The molecule has 5 heterocycles. The zero-order valence-electron chi connectivity index (χ0n) is 18.3. The Labute approximate surface area is 189 Å². The lowest BCUT2D eigenvalue weighted by atomic mass is 10.1. The smallest absolute Gasteiger partial charge is 0.277 e. The van der Waals surface area contributed by atoms with Crippen LogP contribution in [-0.2, 0) is 11.3 Å². The van der Waals surface area contributed by atoms with Crippen LogP contribution in [0.2, 0.25) is 0 Å². The van der Waals surface area contributed by atoms with Crippen LogP contribution >= 0.6 is 0 Å². The maximum absolute atomic E-state index is 13.7. The number of fused-ring (bicyclic) bond motifs is 3. The monoisotopic (exact) mass is 450 g/mol. The summed E-state index contributed by atoms with van der Waals surface area (Å²) in [5.74, 6) is 0.920. The number of nitrogens with zero attached hydrogens (tertiary/aromatic N) is 6. The van der Waals surface area contributed by atoms with Crippen LogP contribution in [0.5, 0.6) is 0 Å². The largest absolute Gasteiger partial charge is 0.392 e. The van der Waals surface area contributed by atoms with E-state index >= 15 is 0 Å². The molecule has 0 bridgehead atoms. The molecule has 2 atom stereocenters. The molecule has 1 aromatic carbocycles. The van der Waals surface area contributed by atoms with E-state index in [1.807, 2.05) is 28.7 Å². The lowest BCUT2D eigenvalue weighted by Gasteiger charge is -2.30. The Morgan fingerprint density at radius 1 is 1.15 bits per heavy atom. The molecular formula is C23H26N6O4. The minimum Gasteiger partial charge on any atom is -0.392 e. The summed E-state index contributed by atoms with van der Waals surface area (Å²) in [7, 11) is 0. The number of imidazole rings is 1. The van der Waals surface area contributed by atoms with Gasteiger partial charge < -0.3 is 18.9 Å². The van der Waals surface area contributed by atoms with Gasteiger partial charge in [-0.1, -0.05) is 17.3 Å². The highest BCUT2D eigenvalue weighted by molar-refractivity contribution is 5.83. The van der Waals surface area contributed by atoms with E-state index in [-0.39, 0.29) is 17.6 Å². The first-order valence-electron chi connectivity index (χ1n) is 11.5. The average Bonchev–Trinajstić information content (AvgIpc) is 3.59. The molecule has 0 aliphatic carbocycles. The standard InChI is InChI=1S/C23H26N6O4/c30-16-4-3-8-27(12-16)9-10-28-17-5-1-2-6-18(17)29-14-24-19(20(29)23(28)31)21-25-22(33-26-21)15-7-11-32-13-15/h1-2,5-6,14-16,30H,3-4,7-13H2. The van der Waals surface area contributed by atoms with Gasteiger partial charge in [-0.2, -0.15) is 4.98 Å². The van der Waals surface area contributed by atoms with E-state index in [9.17, 15) is 9.90 Å². The highest BCUT2D eigenvalue weighted by Crippen LogP contribution is 2.27. The van der Waals surface area contributed by atoms with Gasteiger partial charge in [0.1, 0.15) is 17.5 Å². The number of hydrogen-bond acceptors (Lipinski definition) is 8. The predicted molar refractivity (Wildman–Crippen MR) is 120 cm³/mol. The zero-order valence-corrected chi connectivity index (χ0v) is 18.3. The number of para-hydroxylation sites is 2. The van der Waals surface area contributed by atoms with Gasteiger partial charge in [-0.15, -0.1) is 0 Å². The highest BCUT2D eigenvalue weighted by atomic mass is 16.5. The molecule has 10 nitrogen and oxygen atoms in total. The minimum atomic E-state index is -0.297. The number of rotatable bonds is 5. The molecule has 2 aliphatic heterocycles. The van der Waals surface area contributed by atoms with Crippen molar-refractivity contribution in [1.29, 1.82) is 0 Å². The quantitative estimate of drug-likeness (QED) is 0.489. The Morgan fingerprint density at radius 3 is 2.85 bits per heavy atom. The van der Waals surface area contributed by atoms with Crippen molar-refractivity contribution in [3.8, 4) is 11.5 Å². The fraction of sp³-hybridized carbons (Fsp3) is 0.478. The number of aromatic nitrogens is 5. The Bertz CT molecular complexity index is 1350. The number of hydrogen-bond donors (Lipinski definition) is 1. The zero-order chi connectivity index (χ0) is 22.4. The first kappa shape index (κ1) is 20.5. The molecule has 2 fully saturated rings. The van der Waals surface area contributed by atoms with Gasteiger partial charge in [0.05, 0.1) is 29.7 Å². The maximum Gasteiger partial charge on any atom is 0.277 e. The first-order chi connectivity index (χ1) is 16.2. The molecule has 1 N–H and O–H groups in total. The molecule has 2 aliphatic rings. The summed E-state index contributed by atoms with van der Waals surface area (Å²) in [4.78, 5) is 25.0. The van der Waals surface area contributed by atoms with E-state index in [2.05, 4.69) is 20.0 Å². The van der Waals surface area contributed by atoms with Gasteiger partial charge in [-0.25, -0.2) is 4.98 Å². The van der Waals surface area contributed by atoms with Crippen LogP contribution in [0.15, 0.2) is 39.9 Å². The molecule has 2 unspecified atom stereocenters. The summed E-state index contributed by atoms with van der Waals surface area (Å²) in [6.07, 6.45) is 4.00. The third-order valence-corrected chi connectivity index (χ3v) is 6.70. The molecule has 0 amide bonds. The van der Waals surface area contributed by atoms with Crippen LogP contribution in [0.25, 0.3) is 28.1 Å². The summed E-state index contributed by atoms with van der Waals surface area (Å²) in [6.45, 7) is 4.03. The Balaban J connectivity index is 1.42. The van der Waals surface area contributed by atoms with E-state index in [1.165, 1.54) is 0 Å². The first-order valence-corrected chi connectivity index (χ1v) is 11.5. The molecule has 4 aromatic rings. The van der Waals surface area contributed by atoms with Crippen LogP contribution in [-0.4, -0.2) is 73.1 Å². The van der Waals surface area contributed by atoms with Gasteiger partial charge in [-0.05, 0) is 37.9 Å². The molecule has 172 valence electrons. The molecule has 6 rings (SSSR count). The number of β-amino-alcohol motifs (C(OH)–C–C–N with tert-alkyl or cyclic N) is 1. The van der Waals surface area contributed by atoms with Gasteiger partial charge in [0, 0.05) is 26.2 Å². The van der Waals surface area contributed by atoms with Gasteiger partial charge in [0.15, 0.2) is 0 Å². The second-order valence-corrected chi connectivity index (χ2v) is 8.87. The minimum absolute atomic E-state index is 0.0810. The van der Waals surface area contributed by atoms with Crippen LogP contribution < -0.4 is 5.56 Å². The van der Waals surface area contributed by atoms with Crippen molar-refractivity contribution in [2.45, 2.75) is 37.8 Å². The lowest BCUT2D eigenvalue weighted by Crippen LogP contribution is -2.40. The normalized spacial score (nSPS) is 22.0. The predicted octanol–water partition coefficient (Wildman–Crippen LogP) is 1.66. The number of benzene rings is 1. The third-order valence-electron chi connectivity index (χ3n) is 6.70. The van der Waals surface area contributed by atoms with Crippen molar-refractivity contribution < 1.29 is 14.4 Å². The molecule has 3 aromatic heterocycles. The third kappa shape index (κ3) is 3.64. The number of aliphatic hydroxyl groups is 1. The van der Waals surface area contributed by atoms with Crippen molar-refractivity contribution in [3.63, 3.8) is 0 Å². The Kier molecular flexibility index (Phi) is 5.20. The van der Waals surface area contributed by atoms with Crippen molar-refractivity contribution in [2.24, 2.45) is 0 Å². The SMILES string of the molecule is O=c1c2c(-c3noc(C4CCOC4)n3)ncn2c2ccccc2n1CCN1CCCC(O)C1. The number of ether oxygens (including phenoxy) is 1. The molecular weight excluding hydrogens is 424 g/mol. The van der Waals surface area contributed by atoms with E-state index in [4.69, 9.17) is 9.26 Å². The summed E-state index contributed by atoms with van der Waals surface area (Å²) >= 11 is 0. The van der Waals surface area contributed by atoms with Crippen molar-refractivity contribution in [1.82, 2.24) is 29.0 Å². The fourth-order valence-electron chi connectivity index (χ4n) is 4.96. The second kappa shape index (κ2) is 8.36. The molecule has 33 heavy (non-hydrogen) atoms.